The Morgan fingerprint density at radius 1 is 1.19 bits per heavy atom. The van der Waals surface area contributed by atoms with Crippen molar-refractivity contribution >= 4 is 29.9 Å². The molecule has 0 aliphatic heterocycles. The summed E-state index contributed by atoms with van der Waals surface area (Å²) in [6.45, 7) is 10.3. The second-order valence-electron chi connectivity index (χ2n) is 6.89. The lowest BCUT2D eigenvalue weighted by molar-refractivity contribution is 0.472. The molecule has 142 valence electrons. The van der Waals surface area contributed by atoms with Crippen LogP contribution in [-0.4, -0.2) is 24.0 Å². The minimum Gasteiger partial charge on any atom is -0.444 e. The first-order valence-corrected chi connectivity index (χ1v) is 9.05. The van der Waals surface area contributed by atoms with Crippen LogP contribution >= 0.6 is 24.0 Å². The Hall–Kier alpha value is -1.57. The van der Waals surface area contributed by atoms with Gasteiger partial charge in [-0.05, 0) is 51.7 Å². The minimum absolute atomic E-state index is 0. The normalized spacial score (nSPS) is 15.3. The Balaban J connectivity index is 0.00000243. The summed E-state index contributed by atoms with van der Waals surface area (Å²) in [6, 6.07) is 8.69. The zero-order valence-electron chi connectivity index (χ0n) is 16.1. The lowest BCUT2D eigenvalue weighted by atomic mass is 9.92. The number of guanidine groups is 1. The van der Waals surface area contributed by atoms with Crippen molar-refractivity contribution in [1.82, 2.24) is 15.6 Å². The first-order chi connectivity index (χ1) is 12.0. The van der Waals surface area contributed by atoms with Crippen molar-refractivity contribution in [2.24, 2.45) is 4.99 Å². The molecule has 0 radical (unpaired) electrons. The molecule has 1 saturated carbocycles. The van der Waals surface area contributed by atoms with E-state index in [1.54, 1.807) is 0 Å². The van der Waals surface area contributed by atoms with Crippen LogP contribution in [0.5, 0.6) is 0 Å². The van der Waals surface area contributed by atoms with Gasteiger partial charge < -0.3 is 15.1 Å². The Labute approximate surface area is 173 Å². The highest BCUT2D eigenvalue weighted by molar-refractivity contribution is 14.0. The van der Waals surface area contributed by atoms with Gasteiger partial charge in [-0.15, -0.1) is 24.0 Å². The van der Waals surface area contributed by atoms with Gasteiger partial charge in [0.25, 0.3) is 0 Å². The van der Waals surface area contributed by atoms with E-state index in [0.717, 1.165) is 30.5 Å². The van der Waals surface area contributed by atoms with Gasteiger partial charge in [0.2, 0.25) is 5.89 Å². The van der Waals surface area contributed by atoms with Crippen LogP contribution in [0.3, 0.4) is 0 Å². The molecule has 0 amide bonds. The average molecular weight is 468 g/mol. The van der Waals surface area contributed by atoms with Gasteiger partial charge in [0.05, 0.1) is 5.69 Å². The minimum atomic E-state index is 0. The molecule has 0 saturated heterocycles. The molecule has 1 heterocycles. The first kappa shape index (κ1) is 20.7. The highest BCUT2D eigenvalue weighted by Gasteiger charge is 2.44. The molecule has 1 aliphatic rings. The number of benzene rings is 1. The van der Waals surface area contributed by atoms with Crippen molar-refractivity contribution in [1.29, 1.82) is 0 Å². The van der Waals surface area contributed by atoms with E-state index in [2.05, 4.69) is 58.7 Å². The number of halogens is 1. The van der Waals surface area contributed by atoms with E-state index in [9.17, 15) is 0 Å². The highest BCUT2D eigenvalue weighted by atomic mass is 127. The van der Waals surface area contributed by atoms with Crippen molar-refractivity contribution in [2.45, 2.75) is 52.5 Å². The van der Waals surface area contributed by atoms with Gasteiger partial charge in [0.1, 0.15) is 12.3 Å². The molecule has 1 aliphatic carbocycles. The molecule has 3 rings (SSSR count). The van der Waals surface area contributed by atoms with Crippen LogP contribution in [0.2, 0.25) is 0 Å². The summed E-state index contributed by atoms with van der Waals surface area (Å²) in [5.74, 6) is 2.34. The summed E-state index contributed by atoms with van der Waals surface area (Å²) in [6.07, 6.45) is 2.45. The number of aliphatic imine (C=N–C) groups is 1. The largest absolute Gasteiger partial charge is 0.444 e. The summed E-state index contributed by atoms with van der Waals surface area (Å²) in [5, 5.41) is 6.82. The van der Waals surface area contributed by atoms with E-state index >= 15 is 0 Å². The number of nitrogens with one attached hydrogen (secondary N) is 2. The Kier molecular flexibility index (Phi) is 7.08. The fourth-order valence-corrected chi connectivity index (χ4v) is 3.21. The van der Waals surface area contributed by atoms with Crippen molar-refractivity contribution in [3.05, 3.63) is 52.7 Å². The lowest BCUT2D eigenvalue weighted by Gasteiger charge is -2.20. The second kappa shape index (κ2) is 8.88. The second-order valence-corrected chi connectivity index (χ2v) is 6.89. The summed E-state index contributed by atoms with van der Waals surface area (Å²) < 4.78 is 5.61. The van der Waals surface area contributed by atoms with Crippen LogP contribution in [0, 0.1) is 20.8 Å². The van der Waals surface area contributed by atoms with Gasteiger partial charge in [-0.2, -0.15) is 0 Å². The molecule has 2 N–H and O–H groups in total. The molecule has 0 bridgehead atoms. The Morgan fingerprint density at radius 3 is 2.50 bits per heavy atom. The number of hydrogen-bond acceptors (Lipinski definition) is 3. The van der Waals surface area contributed by atoms with Crippen molar-refractivity contribution < 1.29 is 4.42 Å². The smallest absolute Gasteiger partial charge is 0.216 e. The molecular weight excluding hydrogens is 439 g/mol. The molecule has 0 unspecified atom stereocenters. The van der Waals surface area contributed by atoms with E-state index in [1.807, 2.05) is 13.8 Å². The predicted octanol–water partition coefficient (Wildman–Crippen LogP) is 4.00. The van der Waals surface area contributed by atoms with Crippen LogP contribution in [0.25, 0.3) is 0 Å². The van der Waals surface area contributed by atoms with E-state index < -0.39 is 0 Å². The van der Waals surface area contributed by atoms with E-state index in [-0.39, 0.29) is 29.4 Å². The van der Waals surface area contributed by atoms with Gasteiger partial charge in [0, 0.05) is 18.5 Å². The summed E-state index contributed by atoms with van der Waals surface area (Å²) in [7, 11) is 0. The van der Waals surface area contributed by atoms with Crippen molar-refractivity contribution in [3.8, 4) is 0 Å². The van der Waals surface area contributed by atoms with Gasteiger partial charge in [0.15, 0.2) is 5.96 Å². The number of aromatic nitrogens is 1. The number of hydrogen-bond donors (Lipinski definition) is 2. The van der Waals surface area contributed by atoms with E-state index in [4.69, 9.17) is 4.42 Å². The first-order valence-electron chi connectivity index (χ1n) is 9.05. The van der Waals surface area contributed by atoms with E-state index in [1.165, 1.54) is 24.0 Å². The lowest BCUT2D eigenvalue weighted by Crippen LogP contribution is -2.41. The van der Waals surface area contributed by atoms with Crippen molar-refractivity contribution in [3.63, 3.8) is 0 Å². The standard InChI is InChI=1S/C20H28N4O.HI/c1-5-21-19(22-12-18-24-15(3)16(4)25-18)23-13-20(10-11-20)17-9-7-6-8-14(17)2;/h6-9H,5,10-13H2,1-4H3,(H2,21,22,23);1H. The maximum absolute atomic E-state index is 5.61. The predicted molar refractivity (Wildman–Crippen MR) is 116 cm³/mol. The van der Waals surface area contributed by atoms with Gasteiger partial charge in [-0.1, -0.05) is 24.3 Å². The topological polar surface area (TPSA) is 62.5 Å². The molecular formula is C20H29IN4O. The summed E-state index contributed by atoms with van der Waals surface area (Å²) in [4.78, 5) is 9.02. The summed E-state index contributed by atoms with van der Waals surface area (Å²) >= 11 is 0. The number of oxazole rings is 1. The SMILES string of the molecule is CCNC(=NCc1nc(C)c(C)o1)NCC1(c2ccccc2C)CC1.I. The Bertz CT molecular complexity index is 745. The van der Waals surface area contributed by atoms with Crippen LogP contribution in [-0.2, 0) is 12.0 Å². The maximum atomic E-state index is 5.61. The van der Waals surface area contributed by atoms with Crippen LogP contribution in [0.4, 0.5) is 0 Å². The van der Waals surface area contributed by atoms with Crippen LogP contribution in [0.15, 0.2) is 33.7 Å². The molecule has 1 aromatic heterocycles. The van der Waals surface area contributed by atoms with Crippen molar-refractivity contribution in [2.75, 3.05) is 13.1 Å². The zero-order chi connectivity index (χ0) is 17.9. The van der Waals surface area contributed by atoms with Crippen LogP contribution < -0.4 is 10.6 Å². The molecule has 0 atom stereocenters. The number of rotatable bonds is 6. The molecule has 1 aromatic carbocycles. The third-order valence-corrected chi connectivity index (χ3v) is 4.95. The average Bonchev–Trinajstić information content (AvgIpc) is 3.31. The monoisotopic (exact) mass is 468 g/mol. The number of nitrogens with zero attached hydrogens (tertiary/aromatic N) is 2. The molecule has 6 heteroatoms. The third-order valence-electron chi connectivity index (χ3n) is 4.95. The fraction of sp³-hybridized carbons (Fsp3) is 0.500. The molecule has 1 fully saturated rings. The van der Waals surface area contributed by atoms with E-state index in [0.29, 0.717) is 12.4 Å². The molecule has 26 heavy (non-hydrogen) atoms. The molecule has 5 nitrogen and oxygen atoms in total. The van der Waals surface area contributed by atoms with Gasteiger partial charge >= 0.3 is 0 Å². The fourth-order valence-electron chi connectivity index (χ4n) is 3.21. The third kappa shape index (κ3) is 4.78. The zero-order valence-corrected chi connectivity index (χ0v) is 18.4. The maximum Gasteiger partial charge on any atom is 0.216 e. The number of aryl methyl sites for hydroxylation is 3. The highest BCUT2D eigenvalue weighted by Crippen LogP contribution is 2.48. The quantitative estimate of drug-likeness (QED) is 0.382. The van der Waals surface area contributed by atoms with Gasteiger partial charge in [-0.25, -0.2) is 9.98 Å². The van der Waals surface area contributed by atoms with Gasteiger partial charge in [-0.3, -0.25) is 0 Å². The summed E-state index contributed by atoms with van der Waals surface area (Å²) in [5.41, 5.74) is 4.00. The van der Waals surface area contributed by atoms with Crippen LogP contribution in [0.1, 0.15) is 48.2 Å². The Morgan fingerprint density at radius 2 is 1.92 bits per heavy atom. The molecule has 2 aromatic rings. The molecule has 0 spiro atoms.